The van der Waals surface area contributed by atoms with E-state index in [1.165, 1.54) is 15.6 Å². The van der Waals surface area contributed by atoms with Crippen LogP contribution in [0.25, 0.3) is 10.1 Å². The summed E-state index contributed by atoms with van der Waals surface area (Å²) in [6.07, 6.45) is 1.64. The number of hydrogen-bond acceptors (Lipinski definition) is 5. The Kier molecular flexibility index (Phi) is 2.97. The summed E-state index contributed by atoms with van der Waals surface area (Å²) in [5.74, 6) is 1.43. The van der Waals surface area contributed by atoms with Crippen molar-refractivity contribution in [3.05, 3.63) is 57.9 Å². The predicted octanol–water partition coefficient (Wildman–Crippen LogP) is 2.98. The van der Waals surface area contributed by atoms with E-state index in [9.17, 15) is 4.79 Å². The van der Waals surface area contributed by atoms with Crippen LogP contribution in [0.15, 0.2) is 46.3 Å². The number of benzene rings is 2. The normalized spacial score (nSPS) is 13.3. The van der Waals surface area contributed by atoms with Crippen LogP contribution in [-0.2, 0) is 0 Å². The lowest BCUT2D eigenvalue weighted by atomic mass is 10.2. The van der Waals surface area contributed by atoms with Crippen molar-refractivity contribution in [3.8, 4) is 11.5 Å². The van der Waals surface area contributed by atoms with Gasteiger partial charge in [-0.2, -0.15) is 5.10 Å². The first-order chi connectivity index (χ1) is 10.7. The molecular formula is C16H12N2O3S. The molecule has 1 aromatic heterocycles. The van der Waals surface area contributed by atoms with Gasteiger partial charge in [-0.1, -0.05) is 11.6 Å². The molecule has 1 aliphatic rings. The van der Waals surface area contributed by atoms with Gasteiger partial charge in [0.25, 0.3) is 5.56 Å². The molecule has 0 saturated heterocycles. The first kappa shape index (κ1) is 13.1. The maximum Gasteiger partial charge on any atom is 0.289 e. The van der Waals surface area contributed by atoms with E-state index < -0.39 is 0 Å². The van der Waals surface area contributed by atoms with Crippen LogP contribution in [0.2, 0.25) is 0 Å². The number of fused-ring (bicyclic) bond motifs is 2. The number of ether oxygens (including phenoxy) is 2. The molecule has 2 aromatic carbocycles. The van der Waals surface area contributed by atoms with Crippen LogP contribution >= 0.6 is 11.5 Å². The molecule has 0 unspecified atom stereocenters. The first-order valence-corrected chi connectivity index (χ1v) is 7.55. The van der Waals surface area contributed by atoms with Crippen LogP contribution in [0, 0.1) is 6.92 Å². The fourth-order valence-corrected chi connectivity index (χ4v) is 3.15. The molecule has 22 heavy (non-hydrogen) atoms. The van der Waals surface area contributed by atoms with Crippen molar-refractivity contribution in [2.24, 2.45) is 5.10 Å². The van der Waals surface area contributed by atoms with Crippen molar-refractivity contribution in [2.45, 2.75) is 6.92 Å². The van der Waals surface area contributed by atoms with E-state index in [-0.39, 0.29) is 12.4 Å². The average Bonchev–Trinajstić information content (AvgIpc) is 3.10. The smallest absolute Gasteiger partial charge is 0.289 e. The molecule has 4 rings (SSSR count). The van der Waals surface area contributed by atoms with Crippen molar-refractivity contribution in [2.75, 3.05) is 6.79 Å². The molecule has 1 aliphatic heterocycles. The maximum absolute atomic E-state index is 12.3. The third kappa shape index (κ3) is 2.17. The van der Waals surface area contributed by atoms with E-state index in [2.05, 4.69) is 5.10 Å². The van der Waals surface area contributed by atoms with Gasteiger partial charge in [-0.25, -0.2) is 0 Å². The molecule has 0 N–H and O–H groups in total. The zero-order chi connectivity index (χ0) is 15.1. The van der Waals surface area contributed by atoms with E-state index in [4.69, 9.17) is 9.47 Å². The third-order valence-corrected chi connectivity index (χ3v) is 4.42. The zero-order valence-corrected chi connectivity index (χ0v) is 12.6. The second-order valence-corrected chi connectivity index (χ2v) is 5.99. The molecule has 0 aliphatic carbocycles. The van der Waals surface area contributed by atoms with Gasteiger partial charge < -0.3 is 9.47 Å². The molecule has 0 atom stereocenters. The highest BCUT2D eigenvalue weighted by Crippen LogP contribution is 2.32. The lowest BCUT2D eigenvalue weighted by Crippen LogP contribution is -2.08. The van der Waals surface area contributed by atoms with Crippen molar-refractivity contribution in [3.63, 3.8) is 0 Å². The summed E-state index contributed by atoms with van der Waals surface area (Å²) < 4.78 is 12.9. The number of aromatic nitrogens is 1. The second-order valence-electron chi connectivity index (χ2n) is 5.03. The summed E-state index contributed by atoms with van der Waals surface area (Å²) in [5, 5.41) is 4.97. The van der Waals surface area contributed by atoms with Crippen molar-refractivity contribution >= 4 is 27.8 Å². The van der Waals surface area contributed by atoms with Crippen LogP contribution in [0.4, 0.5) is 0 Å². The average molecular weight is 312 g/mol. The van der Waals surface area contributed by atoms with Gasteiger partial charge in [0.15, 0.2) is 11.5 Å². The fraction of sp³-hybridized carbons (Fsp3) is 0.125. The van der Waals surface area contributed by atoms with E-state index in [0.717, 1.165) is 21.6 Å². The van der Waals surface area contributed by atoms with Gasteiger partial charge in [-0.15, -0.1) is 4.07 Å². The van der Waals surface area contributed by atoms with Crippen LogP contribution in [-0.4, -0.2) is 17.1 Å². The van der Waals surface area contributed by atoms with Crippen molar-refractivity contribution in [1.29, 1.82) is 0 Å². The highest BCUT2D eigenvalue weighted by atomic mass is 32.1. The Morgan fingerprint density at radius 3 is 2.95 bits per heavy atom. The molecule has 0 radical (unpaired) electrons. The Bertz CT molecular complexity index is 956. The highest BCUT2D eigenvalue weighted by molar-refractivity contribution is 7.13. The van der Waals surface area contributed by atoms with Crippen molar-refractivity contribution < 1.29 is 9.47 Å². The first-order valence-electron chi connectivity index (χ1n) is 6.77. The van der Waals surface area contributed by atoms with Gasteiger partial charge >= 0.3 is 0 Å². The fourth-order valence-electron chi connectivity index (χ4n) is 2.32. The lowest BCUT2D eigenvalue weighted by Gasteiger charge is -1.96. The molecule has 0 amide bonds. The van der Waals surface area contributed by atoms with Gasteiger partial charge in [0.2, 0.25) is 6.79 Å². The van der Waals surface area contributed by atoms with Gasteiger partial charge in [0.1, 0.15) is 0 Å². The van der Waals surface area contributed by atoms with Crippen LogP contribution in [0.1, 0.15) is 11.1 Å². The van der Waals surface area contributed by atoms with Crippen LogP contribution in [0.5, 0.6) is 11.5 Å². The largest absolute Gasteiger partial charge is 0.454 e. The molecule has 0 fully saturated rings. The van der Waals surface area contributed by atoms with Crippen molar-refractivity contribution in [1.82, 2.24) is 4.07 Å². The Balaban J connectivity index is 1.71. The van der Waals surface area contributed by atoms with E-state index in [1.54, 1.807) is 6.21 Å². The number of aryl methyl sites for hydroxylation is 1. The zero-order valence-electron chi connectivity index (χ0n) is 11.8. The number of rotatable bonds is 2. The summed E-state index contributed by atoms with van der Waals surface area (Å²) in [6.45, 7) is 2.21. The summed E-state index contributed by atoms with van der Waals surface area (Å²) >= 11 is 1.33. The third-order valence-electron chi connectivity index (χ3n) is 3.43. The van der Waals surface area contributed by atoms with Gasteiger partial charge in [-0.05, 0) is 54.4 Å². The summed E-state index contributed by atoms with van der Waals surface area (Å²) in [5.41, 5.74) is 1.82. The van der Waals surface area contributed by atoms with Crippen LogP contribution in [0.3, 0.4) is 0 Å². The van der Waals surface area contributed by atoms with E-state index in [0.29, 0.717) is 11.1 Å². The Labute approximate surface area is 130 Å². The Morgan fingerprint density at radius 2 is 2.05 bits per heavy atom. The van der Waals surface area contributed by atoms with E-state index >= 15 is 0 Å². The molecule has 0 spiro atoms. The molecule has 6 heteroatoms. The van der Waals surface area contributed by atoms with Gasteiger partial charge in [0.05, 0.1) is 16.3 Å². The standard InChI is InChI=1S/C16H12N2O3S/c1-10-2-5-15-12(6-10)16(19)18(22-15)17-8-11-3-4-13-14(7-11)21-9-20-13/h2-8H,9H2,1H3/b17-8+. The molecular weight excluding hydrogens is 300 g/mol. The second kappa shape index (κ2) is 4.99. The van der Waals surface area contributed by atoms with Gasteiger partial charge in [-0.3, -0.25) is 4.79 Å². The summed E-state index contributed by atoms with van der Waals surface area (Å²) in [4.78, 5) is 12.3. The van der Waals surface area contributed by atoms with Crippen LogP contribution < -0.4 is 15.0 Å². The minimum absolute atomic E-state index is 0.0966. The predicted molar refractivity (Wildman–Crippen MR) is 86.4 cm³/mol. The molecule has 0 saturated carbocycles. The molecule has 110 valence electrons. The SMILES string of the molecule is Cc1ccc2sn(/N=C/c3ccc4c(c3)OCO4)c(=O)c2c1. The topological polar surface area (TPSA) is 52.8 Å². The highest BCUT2D eigenvalue weighted by Gasteiger charge is 2.12. The molecule has 2 heterocycles. The summed E-state index contributed by atoms with van der Waals surface area (Å²) in [7, 11) is 0. The Morgan fingerprint density at radius 1 is 1.18 bits per heavy atom. The quantitative estimate of drug-likeness (QED) is 0.684. The Hall–Kier alpha value is -2.60. The molecule has 5 nitrogen and oxygen atoms in total. The lowest BCUT2D eigenvalue weighted by molar-refractivity contribution is 0.174. The molecule has 0 bridgehead atoms. The monoisotopic (exact) mass is 312 g/mol. The minimum Gasteiger partial charge on any atom is -0.454 e. The van der Waals surface area contributed by atoms with E-state index in [1.807, 2.05) is 43.3 Å². The van der Waals surface area contributed by atoms with Gasteiger partial charge in [0, 0.05) is 0 Å². The molecule has 3 aromatic rings. The minimum atomic E-state index is -0.0966. The number of hydrogen-bond donors (Lipinski definition) is 0. The maximum atomic E-state index is 12.3. The summed E-state index contributed by atoms with van der Waals surface area (Å²) in [6, 6.07) is 11.4. The number of nitrogens with zero attached hydrogens (tertiary/aromatic N) is 2.